The van der Waals surface area contributed by atoms with Crippen molar-refractivity contribution < 1.29 is 4.84 Å². The highest BCUT2D eigenvalue weighted by Crippen LogP contribution is 2.11. The summed E-state index contributed by atoms with van der Waals surface area (Å²) < 4.78 is 0. The molecule has 0 radical (unpaired) electrons. The lowest BCUT2D eigenvalue weighted by Gasteiger charge is -2.24. The van der Waals surface area contributed by atoms with Crippen molar-refractivity contribution in [1.82, 2.24) is 5.06 Å². The van der Waals surface area contributed by atoms with Crippen LogP contribution in [0.2, 0.25) is 0 Å². The van der Waals surface area contributed by atoms with Crippen LogP contribution in [0.5, 0.6) is 0 Å². The summed E-state index contributed by atoms with van der Waals surface area (Å²) in [4.78, 5) is 5.37. The van der Waals surface area contributed by atoms with Gasteiger partial charge in [0.25, 0.3) is 0 Å². The minimum absolute atomic E-state index is 0.172. The first kappa shape index (κ1) is 11.8. The highest BCUT2D eigenvalue weighted by molar-refractivity contribution is 7.80. The molecule has 0 rings (SSSR count). The van der Waals surface area contributed by atoms with Crippen molar-refractivity contribution in [2.24, 2.45) is 0 Å². The summed E-state index contributed by atoms with van der Waals surface area (Å²) in [6, 6.07) is 0. The molecule has 0 saturated heterocycles. The quantitative estimate of drug-likeness (QED) is 0.392. The van der Waals surface area contributed by atoms with Gasteiger partial charge >= 0.3 is 0 Å². The van der Waals surface area contributed by atoms with E-state index in [1.54, 1.807) is 5.06 Å². The van der Waals surface area contributed by atoms with Gasteiger partial charge in [-0.3, -0.25) is 4.84 Å². The predicted octanol–water partition coefficient (Wildman–Crippen LogP) is 2.83. The maximum atomic E-state index is 5.37. The van der Waals surface area contributed by atoms with Gasteiger partial charge in [-0.15, -0.1) is 0 Å². The fraction of sp³-hybridized carbons (Fsp3) is 0.778. The van der Waals surface area contributed by atoms with Crippen LogP contribution >= 0.6 is 12.6 Å². The smallest absolute Gasteiger partial charge is 0.0982 e. The Morgan fingerprint density at radius 1 is 1.50 bits per heavy atom. The monoisotopic (exact) mass is 189 g/mol. The van der Waals surface area contributed by atoms with Crippen LogP contribution < -0.4 is 0 Å². The Morgan fingerprint density at radius 3 is 2.58 bits per heavy atom. The molecule has 0 aliphatic carbocycles. The number of allylic oxidation sites excluding steroid dienone is 1. The number of hydrogen-bond donors (Lipinski definition) is 1. The van der Waals surface area contributed by atoms with E-state index in [2.05, 4.69) is 19.6 Å². The Hall–Kier alpha value is -0.150. The van der Waals surface area contributed by atoms with Crippen molar-refractivity contribution in [3.63, 3.8) is 0 Å². The maximum absolute atomic E-state index is 5.37. The molecule has 0 aromatic rings. The predicted molar refractivity (Wildman–Crippen MR) is 56.0 cm³/mol. The SMILES string of the molecule is C/C=C\N(OCC)C(S)CCC. The highest BCUT2D eigenvalue weighted by Gasteiger charge is 2.08. The summed E-state index contributed by atoms with van der Waals surface area (Å²) in [7, 11) is 0. The van der Waals surface area contributed by atoms with Crippen molar-refractivity contribution in [1.29, 1.82) is 0 Å². The average Bonchev–Trinajstić information content (AvgIpc) is 2.04. The molecule has 0 saturated carbocycles. The van der Waals surface area contributed by atoms with E-state index < -0.39 is 0 Å². The van der Waals surface area contributed by atoms with Gasteiger partial charge in [0.15, 0.2) is 0 Å². The van der Waals surface area contributed by atoms with Gasteiger partial charge in [-0.1, -0.05) is 19.4 Å². The van der Waals surface area contributed by atoms with Gasteiger partial charge in [0.1, 0.15) is 0 Å². The third-order valence-electron chi connectivity index (χ3n) is 1.41. The third-order valence-corrected chi connectivity index (χ3v) is 1.90. The molecular weight excluding hydrogens is 170 g/mol. The van der Waals surface area contributed by atoms with Crippen LogP contribution in [-0.2, 0) is 4.84 Å². The third kappa shape index (κ3) is 4.67. The van der Waals surface area contributed by atoms with Gasteiger partial charge in [-0.05, 0) is 20.3 Å². The number of rotatable bonds is 6. The van der Waals surface area contributed by atoms with E-state index >= 15 is 0 Å². The van der Waals surface area contributed by atoms with E-state index in [1.807, 2.05) is 26.1 Å². The summed E-state index contributed by atoms with van der Waals surface area (Å²) in [5.41, 5.74) is 0. The van der Waals surface area contributed by atoms with Crippen LogP contribution in [-0.4, -0.2) is 17.0 Å². The second-order valence-corrected chi connectivity index (χ2v) is 3.13. The van der Waals surface area contributed by atoms with E-state index in [1.165, 1.54) is 0 Å². The van der Waals surface area contributed by atoms with E-state index in [9.17, 15) is 0 Å². The van der Waals surface area contributed by atoms with Crippen molar-refractivity contribution in [3.8, 4) is 0 Å². The number of nitrogens with zero attached hydrogens (tertiary/aromatic N) is 1. The number of hydroxylamine groups is 2. The molecule has 0 aliphatic heterocycles. The molecule has 0 heterocycles. The van der Waals surface area contributed by atoms with Gasteiger partial charge in [0.2, 0.25) is 0 Å². The Balaban J connectivity index is 3.89. The summed E-state index contributed by atoms with van der Waals surface area (Å²) in [5, 5.41) is 1.97. The van der Waals surface area contributed by atoms with E-state index in [0.29, 0.717) is 6.61 Å². The molecule has 2 nitrogen and oxygen atoms in total. The first-order valence-electron chi connectivity index (χ1n) is 4.48. The fourth-order valence-electron chi connectivity index (χ4n) is 0.910. The zero-order chi connectivity index (χ0) is 9.40. The van der Waals surface area contributed by atoms with Crippen molar-refractivity contribution in [2.75, 3.05) is 6.61 Å². The van der Waals surface area contributed by atoms with E-state index in [-0.39, 0.29) is 5.37 Å². The van der Waals surface area contributed by atoms with Crippen LogP contribution in [0.4, 0.5) is 0 Å². The zero-order valence-corrected chi connectivity index (χ0v) is 9.05. The summed E-state index contributed by atoms with van der Waals surface area (Å²) >= 11 is 4.42. The molecule has 72 valence electrons. The van der Waals surface area contributed by atoms with Crippen molar-refractivity contribution in [2.45, 2.75) is 39.0 Å². The first-order valence-corrected chi connectivity index (χ1v) is 5.00. The molecule has 12 heavy (non-hydrogen) atoms. The van der Waals surface area contributed by atoms with Gasteiger partial charge in [0, 0.05) is 6.20 Å². The number of hydrogen-bond acceptors (Lipinski definition) is 3. The molecular formula is C9H19NOS. The largest absolute Gasteiger partial charge is 0.273 e. The second kappa shape index (κ2) is 7.50. The lowest BCUT2D eigenvalue weighted by atomic mass is 10.3. The molecule has 0 fully saturated rings. The summed E-state index contributed by atoms with van der Waals surface area (Å²) in [5.74, 6) is 0. The van der Waals surface area contributed by atoms with Crippen LogP contribution in [0.1, 0.15) is 33.6 Å². The average molecular weight is 189 g/mol. The normalized spacial score (nSPS) is 13.7. The molecule has 0 aliphatic rings. The standard InChI is InChI=1S/C9H19NOS/c1-4-7-9(12)10(8-5-2)11-6-3/h5,8-9,12H,4,6-7H2,1-3H3/b8-5-. The van der Waals surface area contributed by atoms with Crippen LogP contribution in [0.15, 0.2) is 12.3 Å². The molecule has 0 aromatic carbocycles. The zero-order valence-electron chi connectivity index (χ0n) is 8.16. The Kier molecular flexibility index (Phi) is 7.40. The molecule has 0 bridgehead atoms. The second-order valence-electron chi connectivity index (χ2n) is 2.53. The Morgan fingerprint density at radius 2 is 2.17 bits per heavy atom. The van der Waals surface area contributed by atoms with Gasteiger partial charge < -0.3 is 0 Å². The van der Waals surface area contributed by atoms with Crippen LogP contribution in [0.3, 0.4) is 0 Å². The molecule has 1 atom stereocenters. The molecule has 0 aromatic heterocycles. The molecule has 3 heteroatoms. The summed E-state index contributed by atoms with van der Waals surface area (Å²) in [6.07, 6.45) is 6.02. The van der Waals surface area contributed by atoms with E-state index in [4.69, 9.17) is 4.84 Å². The van der Waals surface area contributed by atoms with E-state index in [0.717, 1.165) is 12.8 Å². The maximum Gasteiger partial charge on any atom is 0.0982 e. The molecule has 0 amide bonds. The van der Waals surface area contributed by atoms with Crippen LogP contribution in [0, 0.1) is 0 Å². The number of thiol groups is 1. The van der Waals surface area contributed by atoms with Gasteiger partial charge in [0.05, 0.1) is 12.0 Å². The van der Waals surface area contributed by atoms with Gasteiger partial charge in [-0.25, -0.2) is 5.06 Å². The van der Waals surface area contributed by atoms with Crippen LogP contribution in [0.25, 0.3) is 0 Å². The summed E-state index contributed by atoms with van der Waals surface area (Å²) in [6.45, 7) is 6.77. The topological polar surface area (TPSA) is 12.5 Å². The molecule has 0 N–H and O–H groups in total. The lowest BCUT2D eigenvalue weighted by molar-refractivity contribution is -0.124. The highest BCUT2D eigenvalue weighted by atomic mass is 32.1. The van der Waals surface area contributed by atoms with Crippen molar-refractivity contribution in [3.05, 3.63) is 12.3 Å². The first-order chi connectivity index (χ1) is 5.76. The molecule has 1 unspecified atom stereocenters. The lowest BCUT2D eigenvalue weighted by Crippen LogP contribution is -2.26. The minimum Gasteiger partial charge on any atom is -0.273 e. The Labute approximate surface area is 81.0 Å². The molecule has 0 spiro atoms. The Bertz CT molecular complexity index is 128. The fourth-order valence-corrected chi connectivity index (χ4v) is 1.31. The van der Waals surface area contributed by atoms with Crippen molar-refractivity contribution >= 4 is 12.6 Å². The minimum atomic E-state index is 0.172. The van der Waals surface area contributed by atoms with Gasteiger partial charge in [-0.2, -0.15) is 12.6 Å².